The topological polar surface area (TPSA) is 33.2 Å². The maximum Gasteiger partial charge on any atom is 0.228 e. The number of carbonyl (C=O) groups excluding carboxylic acids is 1. The first-order valence-corrected chi connectivity index (χ1v) is 5.62. The van der Waals surface area contributed by atoms with Gasteiger partial charge in [-0.1, -0.05) is 26.8 Å². The van der Waals surface area contributed by atoms with Crippen molar-refractivity contribution >= 4 is 5.91 Å². The Balaban J connectivity index is 2.66. The van der Waals surface area contributed by atoms with E-state index in [0.717, 1.165) is 12.0 Å². The molecule has 0 fully saturated rings. The third kappa shape index (κ3) is 3.05. The van der Waals surface area contributed by atoms with Crippen molar-refractivity contribution in [2.75, 3.05) is 7.05 Å². The Morgan fingerprint density at radius 3 is 2.69 bits per heavy atom. The number of amides is 1. The van der Waals surface area contributed by atoms with Gasteiger partial charge in [-0.05, 0) is 18.1 Å². The van der Waals surface area contributed by atoms with Crippen molar-refractivity contribution in [2.24, 2.45) is 5.41 Å². The summed E-state index contributed by atoms with van der Waals surface area (Å²) in [5.74, 6) is 0.179. The molecule has 0 atom stereocenters. The van der Waals surface area contributed by atoms with Gasteiger partial charge in [0.15, 0.2) is 0 Å². The third-order valence-corrected chi connectivity index (χ3v) is 2.95. The molecule has 0 aliphatic heterocycles. The van der Waals surface area contributed by atoms with Gasteiger partial charge in [0.2, 0.25) is 5.91 Å². The fraction of sp³-hybridized carbons (Fsp3) is 0.538. The second-order valence-corrected chi connectivity index (χ2v) is 4.76. The van der Waals surface area contributed by atoms with E-state index in [9.17, 15) is 4.79 Å². The fourth-order valence-electron chi connectivity index (χ4n) is 1.51. The molecule has 0 unspecified atom stereocenters. The van der Waals surface area contributed by atoms with Crippen LogP contribution in [0.25, 0.3) is 0 Å². The average Bonchev–Trinajstić information content (AvgIpc) is 2.29. The van der Waals surface area contributed by atoms with Crippen molar-refractivity contribution in [3.63, 3.8) is 0 Å². The van der Waals surface area contributed by atoms with Crippen LogP contribution in [0.5, 0.6) is 0 Å². The van der Waals surface area contributed by atoms with Gasteiger partial charge in [-0.25, -0.2) is 0 Å². The quantitative estimate of drug-likeness (QED) is 0.781. The van der Waals surface area contributed by atoms with Crippen LogP contribution in [0, 0.1) is 5.41 Å². The maximum atomic E-state index is 12.1. The van der Waals surface area contributed by atoms with Gasteiger partial charge in [-0.15, -0.1) is 0 Å². The van der Waals surface area contributed by atoms with Crippen molar-refractivity contribution < 1.29 is 4.79 Å². The third-order valence-electron chi connectivity index (χ3n) is 2.95. The summed E-state index contributed by atoms with van der Waals surface area (Å²) in [4.78, 5) is 17.9. The summed E-state index contributed by atoms with van der Waals surface area (Å²) in [5.41, 5.74) is 0.780. The molecular formula is C13H20N2O. The molecule has 3 nitrogen and oxygen atoms in total. The summed E-state index contributed by atoms with van der Waals surface area (Å²) >= 11 is 0. The van der Waals surface area contributed by atoms with Crippen LogP contribution < -0.4 is 0 Å². The molecule has 1 amide bonds. The zero-order valence-corrected chi connectivity index (χ0v) is 10.5. The van der Waals surface area contributed by atoms with E-state index in [1.807, 2.05) is 40.0 Å². The van der Waals surface area contributed by atoms with Crippen molar-refractivity contribution in [3.8, 4) is 0 Å². The highest BCUT2D eigenvalue weighted by molar-refractivity contribution is 5.81. The van der Waals surface area contributed by atoms with Crippen molar-refractivity contribution in [1.82, 2.24) is 9.88 Å². The molecule has 1 rings (SSSR count). The van der Waals surface area contributed by atoms with E-state index >= 15 is 0 Å². The Bertz CT molecular complexity index is 346. The standard InChI is InChI=1S/C13H20N2O/c1-5-13(2,3)12(16)15(4)10-11-7-6-8-14-9-11/h6-9H,5,10H2,1-4H3. The zero-order valence-electron chi connectivity index (χ0n) is 10.5. The molecule has 0 aliphatic carbocycles. The van der Waals surface area contributed by atoms with Gasteiger partial charge in [0.1, 0.15) is 0 Å². The molecule has 1 aromatic rings. The molecule has 0 aliphatic rings. The van der Waals surface area contributed by atoms with Crippen molar-refractivity contribution in [1.29, 1.82) is 0 Å². The van der Waals surface area contributed by atoms with E-state index in [0.29, 0.717) is 6.54 Å². The van der Waals surface area contributed by atoms with Crippen LogP contribution in [0.3, 0.4) is 0 Å². The Kier molecular flexibility index (Phi) is 4.05. The van der Waals surface area contributed by atoms with E-state index in [-0.39, 0.29) is 11.3 Å². The Morgan fingerprint density at radius 1 is 1.50 bits per heavy atom. The Hall–Kier alpha value is -1.38. The minimum Gasteiger partial charge on any atom is -0.341 e. The molecule has 1 heterocycles. The van der Waals surface area contributed by atoms with Gasteiger partial charge in [-0.2, -0.15) is 0 Å². The van der Waals surface area contributed by atoms with Gasteiger partial charge in [0, 0.05) is 31.4 Å². The lowest BCUT2D eigenvalue weighted by molar-refractivity contribution is -0.139. The average molecular weight is 220 g/mol. The van der Waals surface area contributed by atoms with E-state index in [4.69, 9.17) is 0 Å². The highest BCUT2D eigenvalue weighted by Crippen LogP contribution is 2.23. The molecule has 1 aromatic heterocycles. The second kappa shape index (κ2) is 5.10. The minimum atomic E-state index is -0.281. The van der Waals surface area contributed by atoms with E-state index in [1.54, 1.807) is 17.3 Å². The van der Waals surface area contributed by atoms with Gasteiger partial charge in [-0.3, -0.25) is 9.78 Å². The first kappa shape index (κ1) is 12.7. The number of pyridine rings is 1. The van der Waals surface area contributed by atoms with Gasteiger partial charge in [0.25, 0.3) is 0 Å². The fourth-order valence-corrected chi connectivity index (χ4v) is 1.51. The number of nitrogens with zero attached hydrogens (tertiary/aromatic N) is 2. The number of hydrogen-bond acceptors (Lipinski definition) is 2. The summed E-state index contributed by atoms with van der Waals surface area (Å²) in [6.45, 7) is 6.62. The molecule has 88 valence electrons. The predicted molar refractivity (Wildman–Crippen MR) is 64.8 cm³/mol. The molecule has 0 radical (unpaired) electrons. The maximum absolute atomic E-state index is 12.1. The van der Waals surface area contributed by atoms with Crippen LogP contribution >= 0.6 is 0 Å². The summed E-state index contributed by atoms with van der Waals surface area (Å²) in [6.07, 6.45) is 4.38. The summed E-state index contributed by atoms with van der Waals surface area (Å²) in [7, 11) is 1.84. The molecule has 0 saturated heterocycles. The van der Waals surface area contributed by atoms with Crippen LogP contribution in [-0.2, 0) is 11.3 Å². The Labute approximate surface area is 97.5 Å². The molecule has 0 spiro atoms. The highest BCUT2D eigenvalue weighted by Gasteiger charge is 2.28. The molecule has 0 aromatic carbocycles. The summed E-state index contributed by atoms with van der Waals surface area (Å²) < 4.78 is 0. The molecule has 3 heteroatoms. The van der Waals surface area contributed by atoms with Gasteiger partial charge < -0.3 is 4.90 Å². The normalized spacial score (nSPS) is 11.2. The van der Waals surface area contributed by atoms with Crippen LogP contribution in [0.1, 0.15) is 32.8 Å². The predicted octanol–water partition coefficient (Wildman–Crippen LogP) is 2.48. The molecular weight excluding hydrogens is 200 g/mol. The lowest BCUT2D eigenvalue weighted by atomic mass is 9.88. The van der Waals surface area contributed by atoms with Crippen molar-refractivity contribution in [3.05, 3.63) is 30.1 Å². The van der Waals surface area contributed by atoms with E-state index in [2.05, 4.69) is 4.98 Å². The lowest BCUT2D eigenvalue weighted by Gasteiger charge is -2.28. The SMILES string of the molecule is CCC(C)(C)C(=O)N(C)Cc1cccnc1. The Morgan fingerprint density at radius 2 is 2.19 bits per heavy atom. The van der Waals surface area contributed by atoms with Crippen molar-refractivity contribution in [2.45, 2.75) is 33.7 Å². The summed E-state index contributed by atoms with van der Waals surface area (Å²) in [6, 6.07) is 3.87. The van der Waals surface area contributed by atoms with E-state index in [1.165, 1.54) is 0 Å². The first-order valence-electron chi connectivity index (χ1n) is 5.62. The zero-order chi connectivity index (χ0) is 12.2. The van der Waals surface area contributed by atoms with Crippen LogP contribution in [-0.4, -0.2) is 22.8 Å². The van der Waals surface area contributed by atoms with Crippen LogP contribution in [0.15, 0.2) is 24.5 Å². The van der Waals surface area contributed by atoms with Crippen LogP contribution in [0.2, 0.25) is 0 Å². The lowest BCUT2D eigenvalue weighted by Crippen LogP contribution is -2.37. The number of hydrogen-bond donors (Lipinski definition) is 0. The van der Waals surface area contributed by atoms with Crippen LogP contribution in [0.4, 0.5) is 0 Å². The largest absolute Gasteiger partial charge is 0.341 e. The molecule has 0 saturated carbocycles. The molecule has 0 bridgehead atoms. The number of rotatable bonds is 4. The van der Waals surface area contributed by atoms with Gasteiger partial charge >= 0.3 is 0 Å². The number of carbonyl (C=O) groups is 1. The first-order chi connectivity index (χ1) is 7.47. The smallest absolute Gasteiger partial charge is 0.228 e. The van der Waals surface area contributed by atoms with E-state index < -0.39 is 0 Å². The molecule has 16 heavy (non-hydrogen) atoms. The minimum absolute atomic E-state index is 0.179. The summed E-state index contributed by atoms with van der Waals surface area (Å²) in [5, 5.41) is 0. The number of aromatic nitrogens is 1. The second-order valence-electron chi connectivity index (χ2n) is 4.76. The van der Waals surface area contributed by atoms with Gasteiger partial charge in [0.05, 0.1) is 0 Å². The monoisotopic (exact) mass is 220 g/mol. The highest BCUT2D eigenvalue weighted by atomic mass is 16.2. The molecule has 0 N–H and O–H groups in total.